The summed E-state index contributed by atoms with van der Waals surface area (Å²) in [4.78, 5) is 63.5. The van der Waals surface area contributed by atoms with Crippen molar-refractivity contribution < 1.29 is 88.5 Å². The summed E-state index contributed by atoms with van der Waals surface area (Å²) in [6.07, 6.45) is -0.922. The third-order valence-corrected chi connectivity index (χ3v) is 9.75. The Kier molecular flexibility index (Phi) is 13.1. The first-order chi connectivity index (χ1) is 24.5. The number of fused-ring (bicyclic) bond motifs is 2. The average Bonchev–Trinajstić information content (AvgIpc) is 3.61. The Morgan fingerprint density at radius 2 is 1.23 bits per heavy atom. The Bertz CT molecular complexity index is 1850. The number of aliphatic hydroxyl groups is 4. The number of carboxylic acid groups (broad SMARTS) is 1. The van der Waals surface area contributed by atoms with Gasteiger partial charge in [-0.2, -0.15) is 0 Å². The Balaban J connectivity index is 0.000000243. The van der Waals surface area contributed by atoms with Crippen LogP contribution in [-0.2, 0) is 46.7 Å². The first kappa shape index (κ1) is 41.9. The normalized spacial score (nSPS) is 22.7. The maximum Gasteiger partial charge on any atom is 1.00 e. The van der Waals surface area contributed by atoms with Crippen molar-refractivity contribution in [1.29, 1.82) is 0 Å². The number of carboxylic acids is 1. The fraction of sp³-hybridized carbons (Fsp3) is 0.447. The van der Waals surface area contributed by atoms with Crippen molar-refractivity contribution in [3.8, 4) is 0 Å². The van der Waals surface area contributed by atoms with Crippen LogP contribution in [0.4, 0.5) is 0 Å². The molecular weight excluding hydrogens is 699 g/mol. The number of ether oxygens (including phenoxy) is 2. The van der Waals surface area contributed by atoms with Crippen molar-refractivity contribution in [3.05, 3.63) is 82.2 Å². The molecule has 4 N–H and O–H groups in total. The number of rotatable bonds is 10. The molecule has 2 fully saturated rings. The summed E-state index contributed by atoms with van der Waals surface area (Å²) >= 11 is 0. The molecule has 15 heteroatoms. The minimum Gasteiger partial charge on any atom is -0.543 e. The van der Waals surface area contributed by atoms with Crippen LogP contribution in [0.2, 0.25) is 0 Å². The molecule has 4 aliphatic rings. The Morgan fingerprint density at radius 3 is 1.62 bits per heavy atom. The summed E-state index contributed by atoms with van der Waals surface area (Å²) in [5, 5.41) is 49.8. The van der Waals surface area contributed by atoms with Crippen molar-refractivity contribution in [1.82, 2.24) is 9.80 Å². The SMILES string of the molecule is C[C@@H](O)[C@H]1C(=O)N2C(C(=O)OCOC(=O)C(C)(C)C)=C(c3cccc(CO)c3)C[C@H]12.C[C@@H](O)[C@H]1C(=O)N2C(C(=O)[O-])=C(c3cccc(CO)c3)C[C@H]12.[Na+]. The second-order valence-electron chi connectivity index (χ2n) is 14.4. The molecule has 4 heterocycles. The zero-order chi connectivity index (χ0) is 38.2. The summed E-state index contributed by atoms with van der Waals surface area (Å²) in [6.45, 7) is 7.26. The summed E-state index contributed by atoms with van der Waals surface area (Å²) in [5.41, 5.74) is 3.00. The van der Waals surface area contributed by atoms with E-state index in [9.17, 15) is 49.5 Å². The molecule has 2 saturated heterocycles. The van der Waals surface area contributed by atoms with Crippen LogP contribution in [0.3, 0.4) is 0 Å². The van der Waals surface area contributed by atoms with Gasteiger partial charge in [0.05, 0.1) is 66.4 Å². The maximum atomic E-state index is 12.8. The predicted octanol–water partition coefficient (Wildman–Crippen LogP) is -2.15. The smallest absolute Gasteiger partial charge is 0.543 e. The number of hydrogen-bond donors (Lipinski definition) is 4. The largest absolute Gasteiger partial charge is 1.00 e. The van der Waals surface area contributed by atoms with E-state index in [0.29, 0.717) is 46.2 Å². The molecule has 14 nitrogen and oxygen atoms in total. The van der Waals surface area contributed by atoms with E-state index in [1.807, 2.05) is 0 Å². The molecule has 278 valence electrons. The third-order valence-electron chi connectivity index (χ3n) is 9.75. The molecule has 0 radical (unpaired) electrons. The number of carbonyl (C=O) groups excluding carboxylic acids is 5. The minimum atomic E-state index is -1.40. The quantitative estimate of drug-likeness (QED) is 0.0888. The van der Waals surface area contributed by atoms with E-state index in [2.05, 4.69) is 0 Å². The number of esters is 2. The maximum absolute atomic E-state index is 12.8. The number of β-lactam (4-membered cyclic amide) rings is 2. The molecule has 2 aromatic carbocycles. The van der Waals surface area contributed by atoms with Gasteiger partial charge in [0.25, 0.3) is 0 Å². The average molecular weight is 743 g/mol. The van der Waals surface area contributed by atoms with Crippen LogP contribution in [0.1, 0.15) is 69.7 Å². The standard InChI is InChI=1S/C22H27NO7.C16H17NO5.Na/c1-12(25)17-16-9-15(14-7-5-6-13(8-14)10-24)18(23(16)19(17)26)20(27)29-11-30-21(28)22(2,3)4;1-8(19)13-12-6-11(10-4-2-3-9(5-10)7-18)14(16(21)22)17(12)15(13)20;/h5-8,12,16-17,24-25H,9-11H2,1-4H3;2-5,8,12-13,18-19H,6-7H2,1H3,(H,21,22);/q;;+1/p-1/t12-,16-,17-;8-,12-,13-;/m11./s1. The van der Waals surface area contributed by atoms with E-state index in [-0.39, 0.29) is 78.1 Å². The van der Waals surface area contributed by atoms with Gasteiger partial charge in [0.1, 0.15) is 5.70 Å². The van der Waals surface area contributed by atoms with Gasteiger partial charge in [0.2, 0.25) is 18.6 Å². The van der Waals surface area contributed by atoms with Crippen molar-refractivity contribution in [2.24, 2.45) is 17.3 Å². The minimum absolute atomic E-state index is 0. The summed E-state index contributed by atoms with van der Waals surface area (Å²) in [7, 11) is 0. The molecule has 2 amide bonds. The Labute approximate surface area is 329 Å². The van der Waals surface area contributed by atoms with E-state index in [1.165, 1.54) is 16.7 Å². The van der Waals surface area contributed by atoms with Crippen LogP contribution in [-0.4, -0.2) is 91.0 Å². The summed E-state index contributed by atoms with van der Waals surface area (Å²) < 4.78 is 10.2. The Hall–Kier alpha value is -3.89. The number of carbonyl (C=O) groups is 5. The number of hydrogen-bond acceptors (Lipinski definition) is 12. The fourth-order valence-electron chi connectivity index (χ4n) is 7.17. The number of benzene rings is 2. The van der Waals surface area contributed by atoms with Gasteiger partial charge in [-0.05, 0) is 93.0 Å². The molecule has 53 heavy (non-hydrogen) atoms. The topological polar surface area (TPSA) is 214 Å². The Morgan fingerprint density at radius 1 is 0.792 bits per heavy atom. The van der Waals surface area contributed by atoms with Gasteiger partial charge >= 0.3 is 41.5 Å². The molecular formula is C38H43N2NaO12. The van der Waals surface area contributed by atoms with Gasteiger partial charge in [-0.15, -0.1) is 0 Å². The zero-order valence-corrected chi connectivity index (χ0v) is 32.6. The summed E-state index contributed by atoms with van der Waals surface area (Å²) in [6, 6.07) is 13.3. The molecule has 4 aliphatic heterocycles. The first-order valence-corrected chi connectivity index (χ1v) is 17.0. The third kappa shape index (κ3) is 8.14. The molecule has 0 saturated carbocycles. The van der Waals surface area contributed by atoms with Gasteiger partial charge in [-0.3, -0.25) is 14.4 Å². The number of aliphatic carboxylic acids is 1. The predicted molar refractivity (Wildman–Crippen MR) is 181 cm³/mol. The van der Waals surface area contributed by atoms with Crippen molar-refractivity contribution in [2.75, 3.05) is 6.79 Å². The van der Waals surface area contributed by atoms with E-state index < -0.39 is 54.2 Å². The molecule has 0 unspecified atom stereocenters. The van der Waals surface area contributed by atoms with Crippen molar-refractivity contribution >= 4 is 40.9 Å². The van der Waals surface area contributed by atoms with Crippen molar-refractivity contribution in [3.63, 3.8) is 0 Å². The molecule has 0 aromatic heterocycles. The van der Waals surface area contributed by atoms with Gasteiger partial charge in [0, 0.05) is 0 Å². The molecule has 6 atom stereocenters. The van der Waals surface area contributed by atoms with Gasteiger partial charge < -0.3 is 49.6 Å². The molecule has 2 aromatic rings. The van der Waals surface area contributed by atoms with Gasteiger partial charge in [-0.1, -0.05) is 36.4 Å². The van der Waals surface area contributed by atoms with E-state index >= 15 is 0 Å². The second-order valence-corrected chi connectivity index (χ2v) is 14.4. The molecule has 0 spiro atoms. The van der Waals surface area contributed by atoms with E-state index in [4.69, 9.17) is 9.47 Å². The molecule has 0 aliphatic carbocycles. The van der Waals surface area contributed by atoms with Crippen LogP contribution < -0.4 is 34.7 Å². The summed E-state index contributed by atoms with van der Waals surface area (Å²) in [5.74, 6) is -4.59. The number of amides is 2. The van der Waals surface area contributed by atoms with Crippen LogP contribution in [0.25, 0.3) is 11.1 Å². The fourth-order valence-corrected chi connectivity index (χ4v) is 7.17. The van der Waals surface area contributed by atoms with E-state index in [1.54, 1.807) is 76.2 Å². The molecule has 6 rings (SSSR count). The zero-order valence-electron chi connectivity index (χ0n) is 30.6. The van der Waals surface area contributed by atoms with Crippen LogP contribution in [0.5, 0.6) is 0 Å². The molecule has 0 bridgehead atoms. The van der Waals surface area contributed by atoms with Crippen LogP contribution in [0, 0.1) is 17.3 Å². The number of aliphatic hydroxyl groups excluding tert-OH is 4. The first-order valence-electron chi connectivity index (χ1n) is 17.0. The number of nitrogens with zero attached hydrogens (tertiary/aromatic N) is 2. The van der Waals surface area contributed by atoms with Gasteiger partial charge in [-0.25, -0.2) is 4.79 Å². The van der Waals surface area contributed by atoms with Crippen LogP contribution in [0.15, 0.2) is 59.9 Å². The van der Waals surface area contributed by atoms with Crippen LogP contribution >= 0.6 is 0 Å². The monoisotopic (exact) mass is 742 g/mol. The van der Waals surface area contributed by atoms with Gasteiger partial charge in [0.15, 0.2) is 0 Å². The van der Waals surface area contributed by atoms with Crippen molar-refractivity contribution in [2.45, 2.75) is 85.0 Å². The second kappa shape index (κ2) is 16.6. The van der Waals surface area contributed by atoms with E-state index in [0.717, 1.165) is 0 Å².